The van der Waals surface area contributed by atoms with E-state index in [-0.39, 0.29) is 0 Å². The molecule has 2 aromatic rings. The van der Waals surface area contributed by atoms with Crippen LogP contribution in [0.1, 0.15) is 18.4 Å². The van der Waals surface area contributed by atoms with Crippen LogP contribution in [0.5, 0.6) is 17.2 Å². The molecule has 2 N–H and O–H groups in total. The highest BCUT2D eigenvalue weighted by atomic mass is 16.5. The summed E-state index contributed by atoms with van der Waals surface area (Å²) in [6, 6.07) is 16.0. The molecule has 0 unspecified atom stereocenters. The van der Waals surface area contributed by atoms with Gasteiger partial charge >= 0.3 is 0 Å². The van der Waals surface area contributed by atoms with Crippen LogP contribution >= 0.6 is 0 Å². The second kappa shape index (κ2) is 8.18. The molecule has 0 atom stereocenters. The highest BCUT2D eigenvalue weighted by Gasteiger charge is 2.18. The van der Waals surface area contributed by atoms with Crippen molar-refractivity contribution in [2.45, 2.75) is 19.4 Å². The molecule has 0 aliphatic carbocycles. The third kappa shape index (κ3) is 4.28. The molecule has 0 amide bonds. The average Bonchev–Trinajstić information content (AvgIpc) is 2.63. The summed E-state index contributed by atoms with van der Waals surface area (Å²) in [4.78, 5) is 2.49. The molecule has 1 aliphatic rings. The SMILES string of the molecule is COc1ccccc1Oc1cccc(CN2CCC(CN)CC2)c1. The molecular weight excluding hydrogens is 300 g/mol. The lowest BCUT2D eigenvalue weighted by Gasteiger charge is -2.31. The minimum Gasteiger partial charge on any atom is -0.493 e. The van der Waals surface area contributed by atoms with Gasteiger partial charge in [-0.1, -0.05) is 24.3 Å². The zero-order valence-corrected chi connectivity index (χ0v) is 14.3. The van der Waals surface area contributed by atoms with Crippen LogP contribution < -0.4 is 15.2 Å². The summed E-state index contributed by atoms with van der Waals surface area (Å²) in [6.45, 7) is 4.02. The van der Waals surface area contributed by atoms with Crippen LogP contribution in [0.15, 0.2) is 48.5 Å². The molecule has 1 saturated heterocycles. The van der Waals surface area contributed by atoms with Gasteiger partial charge in [-0.15, -0.1) is 0 Å². The molecule has 4 heteroatoms. The van der Waals surface area contributed by atoms with Crippen LogP contribution in [0, 0.1) is 5.92 Å². The molecule has 1 heterocycles. The topological polar surface area (TPSA) is 47.7 Å². The predicted octanol–water partition coefficient (Wildman–Crippen LogP) is 3.66. The van der Waals surface area contributed by atoms with Gasteiger partial charge in [0.15, 0.2) is 11.5 Å². The molecule has 0 radical (unpaired) electrons. The van der Waals surface area contributed by atoms with Gasteiger partial charge in [0.2, 0.25) is 0 Å². The van der Waals surface area contributed by atoms with Crippen molar-refractivity contribution < 1.29 is 9.47 Å². The van der Waals surface area contributed by atoms with E-state index in [1.54, 1.807) is 7.11 Å². The van der Waals surface area contributed by atoms with Crippen molar-refractivity contribution in [2.24, 2.45) is 11.7 Å². The van der Waals surface area contributed by atoms with Crippen LogP contribution in [-0.4, -0.2) is 31.6 Å². The molecule has 24 heavy (non-hydrogen) atoms. The van der Waals surface area contributed by atoms with E-state index < -0.39 is 0 Å². The van der Waals surface area contributed by atoms with Gasteiger partial charge in [-0.25, -0.2) is 0 Å². The number of ether oxygens (including phenoxy) is 2. The first-order chi connectivity index (χ1) is 11.8. The fraction of sp³-hybridized carbons (Fsp3) is 0.400. The lowest BCUT2D eigenvalue weighted by atomic mass is 9.97. The van der Waals surface area contributed by atoms with E-state index in [0.717, 1.165) is 43.4 Å². The van der Waals surface area contributed by atoms with E-state index in [0.29, 0.717) is 5.92 Å². The number of para-hydroxylation sites is 2. The van der Waals surface area contributed by atoms with Crippen molar-refractivity contribution in [3.63, 3.8) is 0 Å². The maximum Gasteiger partial charge on any atom is 0.169 e. The van der Waals surface area contributed by atoms with E-state index in [9.17, 15) is 0 Å². The monoisotopic (exact) mass is 326 g/mol. The Kier molecular flexibility index (Phi) is 5.72. The molecule has 0 aromatic heterocycles. The fourth-order valence-corrected chi connectivity index (χ4v) is 3.18. The molecule has 2 aromatic carbocycles. The van der Waals surface area contributed by atoms with Crippen molar-refractivity contribution in [1.29, 1.82) is 0 Å². The number of rotatable bonds is 6. The van der Waals surface area contributed by atoms with Gasteiger partial charge in [0.05, 0.1) is 7.11 Å². The quantitative estimate of drug-likeness (QED) is 0.880. The predicted molar refractivity (Wildman–Crippen MR) is 96.6 cm³/mol. The smallest absolute Gasteiger partial charge is 0.169 e. The number of methoxy groups -OCH3 is 1. The maximum atomic E-state index is 6.00. The molecule has 128 valence electrons. The standard InChI is InChI=1S/C20H26N2O2/c1-23-19-7-2-3-8-20(19)24-18-6-4-5-17(13-18)15-22-11-9-16(14-21)10-12-22/h2-8,13,16H,9-12,14-15,21H2,1H3. The van der Waals surface area contributed by atoms with Gasteiger partial charge in [-0.3, -0.25) is 4.90 Å². The summed E-state index contributed by atoms with van der Waals surface area (Å²) >= 11 is 0. The van der Waals surface area contributed by atoms with Crippen LogP contribution in [0.2, 0.25) is 0 Å². The number of likely N-dealkylation sites (tertiary alicyclic amines) is 1. The van der Waals surface area contributed by atoms with Crippen LogP contribution in [0.25, 0.3) is 0 Å². The summed E-state index contributed by atoms with van der Waals surface area (Å²) in [7, 11) is 1.66. The molecule has 1 fully saturated rings. The number of nitrogens with two attached hydrogens (primary N) is 1. The zero-order chi connectivity index (χ0) is 16.8. The number of hydrogen-bond acceptors (Lipinski definition) is 4. The van der Waals surface area contributed by atoms with E-state index in [1.807, 2.05) is 36.4 Å². The first-order valence-corrected chi connectivity index (χ1v) is 8.60. The first kappa shape index (κ1) is 16.8. The molecular formula is C20H26N2O2. The van der Waals surface area contributed by atoms with E-state index in [1.165, 1.54) is 18.4 Å². The largest absolute Gasteiger partial charge is 0.493 e. The lowest BCUT2D eigenvalue weighted by Crippen LogP contribution is -2.35. The molecule has 0 spiro atoms. The number of benzene rings is 2. The van der Waals surface area contributed by atoms with Crippen molar-refractivity contribution >= 4 is 0 Å². The van der Waals surface area contributed by atoms with Crippen LogP contribution in [0.3, 0.4) is 0 Å². The minimum absolute atomic E-state index is 0.696. The molecule has 0 bridgehead atoms. The number of hydrogen-bond donors (Lipinski definition) is 1. The van der Waals surface area contributed by atoms with Gasteiger partial charge in [0.1, 0.15) is 5.75 Å². The summed E-state index contributed by atoms with van der Waals surface area (Å²) < 4.78 is 11.4. The normalized spacial score (nSPS) is 16.1. The highest BCUT2D eigenvalue weighted by Crippen LogP contribution is 2.31. The number of piperidine rings is 1. The Balaban J connectivity index is 1.64. The van der Waals surface area contributed by atoms with Gasteiger partial charge in [0, 0.05) is 6.54 Å². The highest BCUT2D eigenvalue weighted by molar-refractivity contribution is 5.43. The second-order valence-electron chi connectivity index (χ2n) is 6.36. The first-order valence-electron chi connectivity index (χ1n) is 8.60. The van der Waals surface area contributed by atoms with Gasteiger partial charge < -0.3 is 15.2 Å². The Morgan fingerprint density at radius 3 is 2.50 bits per heavy atom. The van der Waals surface area contributed by atoms with Crippen molar-refractivity contribution in [1.82, 2.24) is 4.90 Å². The van der Waals surface area contributed by atoms with Gasteiger partial charge in [0.25, 0.3) is 0 Å². The molecule has 4 nitrogen and oxygen atoms in total. The van der Waals surface area contributed by atoms with Crippen molar-refractivity contribution in [3.8, 4) is 17.2 Å². The van der Waals surface area contributed by atoms with E-state index >= 15 is 0 Å². The van der Waals surface area contributed by atoms with Gasteiger partial charge in [-0.2, -0.15) is 0 Å². The molecule has 3 rings (SSSR count). The van der Waals surface area contributed by atoms with Crippen molar-refractivity contribution in [2.75, 3.05) is 26.7 Å². The summed E-state index contributed by atoms with van der Waals surface area (Å²) in [5, 5.41) is 0. The van der Waals surface area contributed by atoms with Crippen LogP contribution in [-0.2, 0) is 6.54 Å². The third-order valence-corrected chi connectivity index (χ3v) is 4.64. The fourth-order valence-electron chi connectivity index (χ4n) is 3.18. The molecule has 0 saturated carbocycles. The Morgan fingerprint density at radius 2 is 1.79 bits per heavy atom. The van der Waals surface area contributed by atoms with Crippen molar-refractivity contribution in [3.05, 3.63) is 54.1 Å². The zero-order valence-electron chi connectivity index (χ0n) is 14.3. The summed E-state index contributed by atoms with van der Waals surface area (Å²) in [5.74, 6) is 3.02. The lowest BCUT2D eigenvalue weighted by molar-refractivity contribution is 0.180. The summed E-state index contributed by atoms with van der Waals surface area (Å²) in [6.07, 6.45) is 2.40. The van der Waals surface area contributed by atoms with Gasteiger partial charge in [-0.05, 0) is 68.2 Å². The Labute approximate surface area is 144 Å². The third-order valence-electron chi connectivity index (χ3n) is 4.64. The average molecular weight is 326 g/mol. The minimum atomic E-state index is 0.696. The molecule has 1 aliphatic heterocycles. The maximum absolute atomic E-state index is 6.00. The Bertz CT molecular complexity index is 652. The Hall–Kier alpha value is -2.04. The second-order valence-corrected chi connectivity index (χ2v) is 6.36. The van der Waals surface area contributed by atoms with Crippen LogP contribution in [0.4, 0.5) is 0 Å². The number of nitrogens with zero attached hydrogens (tertiary/aromatic N) is 1. The Morgan fingerprint density at radius 1 is 1.04 bits per heavy atom. The van der Waals surface area contributed by atoms with E-state index in [2.05, 4.69) is 17.0 Å². The van der Waals surface area contributed by atoms with E-state index in [4.69, 9.17) is 15.2 Å². The summed E-state index contributed by atoms with van der Waals surface area (Å²) in [5.41, 5.74) is 7.04.